The average Bonchev–Trinajstić information content (AvgIpc) is 2.46. The Balaban J connectivity index is 3.03. The van der Waals surface area contributed by atoms with Gasteiger partial charge in [-0.05, 0) is 31.2 Å². The van der Waals surface area contributed by atoms with Gasteiger partial charge in [0, 0.05) is 24.4 Å². The lowest BCUT2D eigenvalue weighted by Crippen LogP contribution is -2.41. The largest absolute Gasteiger partial charge is 0.278 e. The summed E-state index contributed by atoms with van der Waals surface area (Å²) < 4.78 is 0. The Bertz CT molecular complexity index is 508. The number of hydrogen-bond acceptors (Lipinski definition) is 3. The van der Waals surface area contributed by atoms with E-state index in [0.29, 0.717) is 12.4 Å². The molecule has 0 saturated heterocycles. The van der Waals surface area contributed by atoms with Gasteiger partial charge in [-0.3, -0.25) is 9.69 Å². The summed E-state index contributed by atoms with van der Waals surface area (Å²) in [5.74, 6) is 0.694. The quantitative estimate of drug-likeness (QED) is 0.586. The van der Waals surface area contributed by atoms with Gasteiger partial charge in [0.25, 0.3) is 0 Å². The van der Waals surface area contributed by atoms with Crippen molar-refractivity contribution in [1.82, 2.24) is 9.97 Å². The molecule has 1 aromatic heterocycles. The number of unbranched alkanes of at least 4 members (excludes halogenated alkanes) is 2. The fourth-order valence-electron chi connectivity index (χ4n) is 2.81. The summed E-state index contributed by atoms with van der Waals surface area (Å²) >= 11 is 0. The van der Waals surface area contributed by atoms with E-state index in [9.17, 15) is 4.79 Å². The summed E-state index contributed by atoms with van der Waals surface area (Å²) in [5, 5.41) is 0. The van der Waals surface area contributed by atoms with Gasteiger partial charge in [0.05, 0.1) is 0 Å². The maximum absolute atomic E-state index is 12.9. The molecule has 0 aromatic carbocycles. The molecule has 0 radical (unpaired) electrons. The minimum atomic E-state index is -0.0422. The van der Waals surface area contributed by atoms with Crippen LogP contribution >= 0.6 is 0 Å². The Hall–Kier alpha value is -1.45. The van der Waals surface area contributed by atoms with Gasteiger partial charge >= 0.3 is 0 Å². The zero-order valence-corrected chi connectivity index (χ0v) is 16.4. The maximum atomic E-state index is 12.9. The van der Waals surface area contributed by atoms with Crippen molar-refractivity contribution >= 4 is 11.9 Å². The molecule has 0 N–H and O–H groups in total. The standard InChI is InChI=1S/C20H35N3O/c1-7-9-10-12-16(3)23(18(24)15-20(4,5)6)19-21-14-13-17(22-19)11-8-2/h13-14,16H,7-12,15H2,1-6H3. The summed E-state index contributed by atoms with van der Waals surface area (Å²) in [4.78, 5) is 23.9. The van der Waals surface area contributed by atoms with Crippen molar-refractivity contribution in [1.29, 1.82) is 0 Å². The number of anilines is 1. The molecule has 1 atom stereocenters. The van der Waals surface area contributed by atoms with Crippen LogP contribution < -0.4 is 4.90 Å². The third kappa shape index (κ3) is 6.98. The van der Waals surface area contributed by atoms with Crippen LogP contribution in [0.15, 0.2) is 12.3 Å². The van der Waals surface area contributed by atoms with Crippen molar-refractivity contribution in [2.75, 3.05) is 4.90 Å². The lowest BCUT2D eigenvalue weighted by atomic mass is 9.91. The number of aryl methyl sites for hydroxylation is 1. The van der Waals surface area contributed by atoms with Crippen molar-refractivity contribution in [3.8, 4) is 0 Å². The molecule has 0 spiro atoms. The lowest BCUT2D eigenvalue weighted by Gasteiger charge is -2.30. The number of aromatic nitrogens is 2. The summed E-state index contributed by atoms with van der Waals surface area (Å²) in [6.07, 6.45) is 8.75. The number of carbonyl (C=O) groups is 1. The fraction of sp³-hybridized carbons (Fsp3) is 0.750. The molecular formula is C20H35N3O. The fourth-order valence-corrected chi connectivity index (χ4v) is 2.81. The highest BCUT2D eigenvalue weighted by Gasteiger charge is 2.27. The van der Waals surface area contributed by atoms with Gasteiger partial charge in [-0.25, -0.2) is 9.97 Å². The molecule has 136 valence electrons. The Labute approximate surface area is 148 Å². The zero-order chi connectivity index (χ0) is 18.2. The van der Waals surface area contributed by atoms with Crippen LogP contribution in [0.1, 0.15) is 85.8 Å². The van der Waals surface area contributed by atoms with Crippen LogP contribution in [-0.2, 0) is 11.2 Å². The van der Waals surface area contributed by atoms with Gasteiger partial charge in [0.1, 0.15) is 0 Å². The van der Waals surface area contributed by atoms with Crippen LogP contribution in [0.5, 0.6) is 0 Å². The molecule has 1 unspecified atom stereocenters. The Morgan fingerprint density at radius 1 is 1.21 bits per heavy atom. The van der Waals surface area contributed by atoms with Gasteiger partial charge in [0.15, 0.2) is 0 Å². The van der Waals surface area contributed by atoms with Crippen LogP contribution in [0, 0.1) is 5.41 Å². The zero-order valence-electron chi connectivity index (χ0n) is 16.4. The first-order valence-corrected chi connectivity index (χ1v) is 9.42. The Kier molecular flexibility index (Phi) is 8.37. The molecule has 0 fully saturated rings. The molecule has 24 heavy (non-hydrogen) atoms. The van der Waals surface area contributed by atoms with E-state index in [2.05, 4.69) is 51.5 Å². The molecular weight excluding hydrogens is 298 g/mol. The smallest absolute Gasteiger partial charge is 0.232 e. The Morgan fingerprint density at radius 3 is 2.50 bits per heavy atom. The van der Waals surface area contributed by atoms with Crippen molar-refractivity contribution in [3.05, 3.63) is 18.0 Å². The number of carbonyl (C=O) groups excluding carboxylic acids is 1. The summed E-state index contributed by atoms with van der Waals surface area (Å²) in [6, 6.07) is 2.07. The van der Waals surface area contributed by atoms with Crippen molar-refractivity contribution in [2.45, 2.75) is 92.5 Å². The summed E-state index contributed by atoms with van der Waals surface area (Å²) in [6.45, 7) is 12.7. The monoisotopic (exact) mass is 333 g/mol. The SMILES string of the molecule is CCCCCC(C)N(C(=O)CC(C)(C)C)c1nccc(CCC)n1. The van der Waals surface area contributed by atoms with E-state index in [-0.39, 0.29) is 17.4 Å². The van der Waals surface area contributed by atoms with Gasteiger partial charge in [-0.1, -0.05) is 60.3 Å². The second-order valence-corrected chi connectivity index (χ2v) is 7.94. The molecule has 4 nitrogen and oxygen atoms in total. The first-order valence-electron chi connectivity index (χ1n) is 9.42. The van der Waals surface area contributed by atoms with E-state index in [1.54, 1.807) is 6.20 Å². The normalized spacial score (nSPS) is 12.9. The van der Waals surface area contributed by atoms with Crippen molar-refractivity contribution in [3.63, 3.8) is 0 Å². The van der Waals surface area contributed by atoms with Crippen molar-refractivity contribution in [2.24, 2.45) is 5.41 Å². The molecule has 1 heterocycles. The van der Waals surface area contributed by atoms with Gasteiger partial charge in [-0.15, -0.1) is 0 Å². The van der Waals surface area contributed by atoms with E-state index in [4.69, 9.17) is 0 Å². The highest BCUT2D eigenvalue weighted by atomic mass is 16.2. The number of hydrogen-bond donors (Lipinski definition) is 0. The van der Waals surface area contributed by atoms with E-state index >= 15 is 0 Å². The summed E-state index contributed by atoms with van der Waals surface area (Å²) in [7, 11) is 0. The second-order valence-electron chi connectivity index (χ2n) is 7.94. The molecule has 0 aliphatic carbocycles. The number of rotatable bonds is 9. The first-order chi connectivity index (χ1) is 11.3. The van der Waals surface area contributed by atoms with Gasteiger partial charge < -0.3 is 0 Å². The van der Waals surface area contributed by atoms with Crippen molar-refractivity contribution < 1.29 is 4.79 Å². The molecule has 0 saturated carbocycles. The molecule has 0 aliphatic rings. The molecule has 1 amide bonds. The van der Waals surface area contributed by atoms with Crippen LogP contribution in [0.2, 0.25) is 0 Å². The van der Waals surface area contributed by atoms with Crippen LogP contribution in [0.3, 0.4) is 0 Å². The second kappa shape index (κ2) is 9.75. The maximum Gasteiger partial charge on any atom is 0.232 e. The molecule has 1 aromatic rings. The van der Waals surface area contributed by atoms with E-state index in [1.165, 1.54) is 12.8 Å². The highest BCUT2D eigenvalue weighted by Crippen LogP contribution is 2.24. The van der Waals surface area contributed by atoms with Crippen LogP contribution in [-0.4, -0.2) is 21.9 Å². The average molecular weight is 334 g/mol. The lowest BCUT2D eigenvalue weighted by molar-refractivity contribution is -0.120. The molecule has 0 bridgehead atoms. The number of amides is 1. The van der Waals surface area contributed by atoms with Crippen LogP contribution in [0.4, 0.5) is 5.95 Å². The minimum Gasteiger partial charge on any atom is -0.278 e. The van der Waals surface area contributed by atoms with Gasteiger partial charge in [-0.2, -0.15) is 0 Å². The third-order valence-corrected chi connectivity index (χ3v) is 4.04. The predicted octanol–water partition coefficient (Wildman–Crippen LogP) is 5.17. The molecule has 0 aliphatic heterocycles. The summed E-state index contributed by atoms with van der Waals surface area (Å²) in [5.41, 5.74) is 0.969. The predicted molar refractivity (Wildman–Crippen MR) is 101 cm³/mol. The van der Waals surface area contributed by atoms with Crippen LogP contribution in [0.25, 0.3) is 0 Å². The van der Waals surface area contributed by atoms with E-state index in [1.807, 2.05) is 11.0 Å². The number of nitrogens with zero attached hydrogens (tertiary/aromatic N) is 3. The first kappa shape index (κ1) is 20.6. The minimum absolute atomic E-state index is 0.0422. The topological polar surface area (TPSA) is 46.1 Å². The third-order valence-electron chi connectivity index (χ3n) is 4.04. The Morgan fingerprint density at radius 2 is 1.92 bits per heavy atom. The molecule has 1 rings (SSSR count). The van der Waals surface area contributed by atoms with E-state index < -0.39 is 0 Å². The van der Waals surface area contributed by atoms with E-state index in [0.717, 1.165) is 31.4 Å². The molecule has 4 heteroatoms. The van der Waals surface area contributed by atoms with Gasteiger partial charge in [0.2, 0.25) is 11.9 Å². The highest BCUT2D eigenvalue weighted by molar-refractivity contribution is 5.92.